The molecule has 0 aromatic carbocycles. The van der Waals surface area contributed by atoms with Crippen LogP contribution in [0.4, 0.5) is 5.82 Å². The van der Waals surface area contributed by atoms with Crippen LogP contribution in [-0.2, 0) is 32.4 Å². The van der Waals surface area contributed by atoms with Crippen molar-refractivity contribution in [3.63, 3.8) is 0 Å². The minimum Gasteiger partial charge on any atom is -0.354 e. The number of hydrogen-bond donors (Lipinski definition) is 0. The molecule has 1 aliphatic carbocycles. The minimum absolute atomic E-state index is 0.0423. The Labute approximate surface area is 152 Å². The van der Waals surface area contributed by atoms with Gasteiger partial charge in [-0.15, -0.1) is 5.10 Å². The summed E-state index contributed by atoms with van der Waals surface area (Å²) >= 11 is 0. The highest BCUT2D eigenvalue weighted by atomic mass is 16.1. The molecular formula is C19H24N6O. The number of aromatic nitrogens is 4. The standard InChI is InChI=1S/C19H24N6O/c1-23-6-5-16-15(12-23)7-18(21-20-16)24-9-13(10-24)11-25-19(26)8-14-3-2-4-17(14)22-25/h7-8,13H,2-6,9-12H2,1H3. The Morgan fingerprint density at radius 2 is 1.96 bits per heavy atom. The van der Waals surface area contributed by atoms with E-state index in [-0.39, 0.29) is 5.56 Å². The molecule has 0 unspecified atom stereocenters. The van der Waals surface area contributed by atoms with Gasteiger partial charge in [0.25, 0.3) is 5.56 Å². The lowest BCUT2D eigenvalue weighted by molar-refractivity contribution is 0.307. The van der Waals surface area contributed by atoms with Crippen LogP contribution in [0.1, 0.15) is 28.9 Å². The molecule has 0 bridgehead atoms. The zero-order valence-electron chi connectivity index (χ0n) is 15.2. The summed E-state index contributed by atoms with van der Waals surface area (Å²) in [5, 5.41) is 13.4. The van der Waals surface area contributed by atoms with Crippen LogP contribution in [0.25, 0.3) is 0 Å². The van der Waals surface area contributed by atoms with Gasteiger partial charge in [-0.3, -0.25) is 4.79 Å². The fraction of sp³-hybridized carbons (Fsp3) is 0.579. The van der Waals surface area contributed by atoms with Crippen molar-refractivity contribution in [1.82, 2.24) is 24.9 Å². The summed E-state index contributed by atoms with van der Waals surface area (Å²) in [5.74, 6) is 1.41. The highest BCUT2D eigenvalue weighted by molar-refractivity contribution is 5.44. The molecule has 26 heavy (non-hydrogen) atoms. The second-order valence-electron chi connectivity index (χ2n) is 7.92. The van der Waals surface area contributed by atoms with Gasteiger partial charge < -0.3 is 9.80 Å². The number of hydrogen-bond acceptors (Lipinski definition) is 6. The van der Waals surface area contributed by atoms with Crippen LogP contribution in [-0.4, -0.2) is 51.6 Å². The van der Waals surface area contributed by atoms with E-state index in [4.69, 9.17) is 0 Å². The van der Waals surface area contributed by atoms with E-state index in [0.717, 1.165) is 74.6 Å². The van der Waals surface area contributed by atoms with Crippen LogP contribution in [0.15, 0.2) is 16.9 Å². The van der Waals surface area contributed by atoms with Crippen LogP contribution in [0.5, 0.6) is 0 Å². The summed E-state index contributed by atoms with van der Waals surface area (Å²) < 4.78 is 1.67. The molecule has 1 fully saturated rings. The van der Waals surface area contributed by atoms with E-state index in [2.05, 4.69) is 38.2 Å². The molecule has 5 rings (SSSR count). The summed E-state index contributed by atoms with van der Waals surface area (Å²) in [7, 11) is 2.14. The molecule has 2 aromatic heterocycles. The van der Waals surface area contributed by atoms with Crippen LogP contribution in [0.3, 0.4) is 0 Å². The second-order valence-corrected chi connectivity index (χ2v) is 7.92. The third-order valence-electron chi connectivity index (χ3n) is 5.85. The van der Waals surface area contributed by atoms with Gasteiger partial charge >= 0.3 is 0 Å². The summed E-state index contributed by atoms with van der Waals surface area (Å²) in [6.45, 7) is 4.52. The molecule has 3 aliphatic rings. The molecule has 7 nitrogen and oxygen atoms in total. The summed E-state index contributed by atoms with van der Waals surface area (Å²) in [6, 6.07) is 3.98. The molecule has 1 saturated heterocycles. The highest BCUT2D eigenvalue weighted by Crippen LogP contribution is 2.26. The number of likely N-dealkylation sites (N-methyl/N-ethyl adjacent to an activating group) is 1. The molecule has 0 saturated carbocycles. The average molecular weight is 352 g/mol. The quantitative estimate of drug-likeness (QED) is 0.808. The average Bonchev–Trinajstić information content (AvgIpc) is 3.04. The Hall–Kier alpha value is -2.28. The predicted molar refractivity (Wildman–Crippen MR) is 98.3 cm³/mol. The van der Waals surface area contributed by atoms with E-state index in [1.807, 2.05) is 0 Å². The first-order valence-electron chi connectivity index (χ1n) is 9.54. The molecule has 2 aromatic rings. The van der Waals surface area contributed by atoms with Gasteiger partial charge in [-0.1, -0.05) is 0 Å². The van der Waals surface area contributed by atoms with Crippen molar-refractivity contribution in [1.29, 1.82) is 0 Å². The molecule has 4 heterocycles. The maximum atomic E-state index is 12.3. The fourth-order valence-electron chi connectivity index (χ4n) is 4.30. The molecule has 0 spiro atoms. The monoisotopic (exact) mass is 352 g/mol. The van der Waals surface area contributed by atoms with Crippen molar-refractivity contribution in [2.45, 2.75) is 38.8 Å². The van der Waals surface area contributed by atoms with Crippen LogP contribution in [0.2, 0.25) is 0 Å². The van der Waals surface area contributed by atoms with Gasteiger partial charge in [-0.2, -0.15) is 10.2 Å². The Morgan fingerprint density at radius 3 is 2.85 bits per heavy atom. The Morgan fingerprint density at radius 1 is 1.08 bits per heavy atom. The number of anilines is 1. The van der Waals surface area contributed by atoms with E-state index in [1.54, 1.807) is 10.7 Å². The van der Waals surface area contributed by atoms with Crippen molar-refractivity contribution in [3.8, 4) is 0 Å². The Balaban J connectivity index is 1.26. The summed E-state index contributed by atoms with van der Waals surface area (Å²) in [6.07, 6.45) is 4.11. The number of rotatable bonds is 3. The predicted octanol–water partition coefficient (Wildman–Crippen LogP) is 0.646. The lowest BCUT2D eigenvalue weighted by atomic mass is 9.99. The fourth-order valence-corrected chi connectivity index (χ4v) is 4.30. The van der Waals surface area contributed by atoms with Crippen molar-refractivity contribution < 1.29 is 0 Å². The van der Waals surface area contributed by atoms with Gasteiger partial charge in [0.15, 0.2) is 5.82 Å². The molecule has 0 atom stereocenters. The van der Waals surface area contributed by atoms with E-state index < -0.39 is 0 Å². The zero-order valence-corrected chi connectivity index (χ0v) is 15.2. The first kappa shape index (κ1) is 15.9. The molecule has 0 radical (unpaired) electrons. The summed E-state index contributed by atoms with van der Waals surface area (Å²) in [4.78, 5) is 16.8. The van der Waals surface area contributed by atoms with Crippen molar-refractivity contribution >= 4 is 5.82 Å². The van der Waals surface area contributed by atoms with Gasteiger partial charge in [-0.05, 0) is 43.5 Å². The van der Waals surface area contributed by atoms with Crippen molar-refractivity contribution in [2.24, 2.45) is 5.92 Å². The van der Waals surface area contributed by atoms with Gasteiger partial charge in [0.2, 0.25) is 0 Å². The normalized spacial score (nSPS) is 20.0. The first-order chi connectivity index (χ1) is 12.7. The molecule has 2 aliphatic heterocycles. The zero-order chi connectivity index (χ0) is 17.7. The Kier molecular flexibility index (Phi) is 3.77. The SMILES string of the molecule is CN1CCc2nnc(N3CC(Cn4nc5c(cc4=O)CCC5)C3)cc2C1. The minimum atomic E-state index is 0.0423. The van der Waals surface area contributed by atoms with Crippen LogP contribution in [0, 0.1) is 5.92 Å². The maximum absolute atomic E-state index is 12.3. The topological polar surface area (TPSA) is 67.2 Å². The molecule has 0 N–H and O–H groups in total. The molecule has 7 heteroatoms. The summed E-state index contributed by atoms with van der Waals surface area (Å²) in [5.41, 5.74) is 4.74. The number of nitrogens with zero attached hydrogens (tertiary/aromatic N) is 6. The first-order valence-corrected chi connectivity index (χ1v) is 9.54. The lowest BCUT2D eigenvalue weighted by Gasteiger charge is -2.40. The van der Waals surface area contributed by atoms with Crippen LogP contribution >= 0.6 is 0 Å². The van der Waals surface area contributed by atoms with Crippen molar-refractivity contribution in [2.75, 3.05) is 31.6 Å². The molecule has 0 amide bonds. The van der Waals surface area contributed by atoms with Crippen molar-refractivity contribution in [3.05, 3.63) is 45.0 Å². The molecule has 136 valence electrons. The maximum Gasteiger partial charge on any atom is 0.267 e. The highest BCUT2D eigenvalue weighted by Gasteiger charge is 2.30. The third kappa shape index (κ3) is 2.80. The third-order valence-corrected chi connectivity index (χ3v) is 5.85. The number of fused-ring (bicyclic) bond motifs is 2. The molecular weight excluding hydrogens is 328 g/mol. The Bertz CT molecular complexity index is 901. The van der Waals surface area contributed by atoms with E-state index in [0.29, 0.717) is 12.5 Å². The van der Waals surface area contributed by atoms with E-state index in [9.17, 15) is 4.79 Å². The largest absolute Gasteiger partial charge is 0.354 e. The van der Waals surface area contributed by atoms with Gasteiger partial charge in [-0.25, -0.2) is 4.68 Å². The smallest absolute Gasteiger partial charge is 0.267 e. The van der Waals surface area contributed by atoms with Gasteiger partial charge in [0.1, 0.15) is 0 Å². The van der Waals surface area contributed by atoms with E-state index in [1.165, 1.54) is 5.56 Å². The second kappa shape index (κ2) is 6.16. The van der Waals surface area contributed by atoms with E-state index >= 15 is 0 Å². The van der Waals surface area contributed by atoms with Gasteiger partial charge in [0, 0.05) is 44.6 Å². The lowest BCUT2D eigenvalue weighted by Crippen LogP contribution is -2.50. The van der Waals surface area contributed by atoms with Gasteiger partial charge in [0.05, 0.1) is 17.9 Å². The number of aryl methyl sites for hydroxylation is 2. The van der Waals surface area contributed by atoms with Crippen LogP contribution < -0.4 is 10.5 Å².